The zero-order chi connectivity index (χ0) is 14.8. The first kappa shape index (κ1) is 14.6. The topological polar surface area (TPSA) is 32.3 Å². The quantitative estimate of drug-likeness (QED) is 0.853. The SMILES string of the molecule is [B]c1ccc(C(=O)N[C@H]2CCC[C@H]2N2CCCC2)c(C)c1. The van der Waals surface area contributed by atoms with Crippen LogP contribution in [0.15, 0.2) is 18.2 Å². The molecule has 1 aromatic carbocycles. The molecule has 1 N–H and O–H groups in total. The summed E-state index contributed by atoms with van der Waals surface area (Å²) in [5, 5.41) is 3.26. The fraction of sp³-hybridized carbons (Fsp3) is 0.588. The van der Waals surface area contributed by atoms with Gasteiger partial charge in [0.1, 0.15) is 7.85 Å². The van der Waals surface area contributed by atoms with E-state index < -0.39 is 0 Å². The van der Waals surface area contributed by atoms with Gasteiger partial charge in [0.2, 0.25) is 0 Å². The summed E-state index contributed by atoms with van der Waals surface area (Å²) in [6.45, 7) is 4.33. The average molecular weight is 282 g/mol. The summed E-state index contributed by atoms with van der Waals surface area (Å²) in [5.41, 5.74) is 2.40. The van der Waals surface area contributed by atoms with Crippen LogP contribution in [-0.4, -0.2) is 43.8 Å². The van der Waals surface area contributed by atoms with E-state index in [0.717, 1.165) is 17.5 Å². The van der Waals surface area contributed by atoms with Crippen molar-refractivity contribution in [3.63, 3.8) is 0 Å². The normalized spacial score (nSPS) is 26.1. The number of nitrogens with zero attached hydrogens (tertiary/aromatic N) is 1. The summed E-state index contributed by atoms with van der Waals surface area (Å²) in [5.74, 6) is 0.0450. The molecule has 110 valence electrons. The molecule has 0 bridgehead atoms. The van der Waals surface area contributed by atoms with Crippen molar-refractivity contribution in [1.29, 1.82) is 0 Å². The molecule has 1 aliphatic carbocycles. The number of hydrogen-bond donors (Lipinski definition) is 1. The molecule has 2 aliphatic rings. The van der Waals surface area contributed by atoms with Crippen molar-refractivity contribution in [3.05, 3.63) is 29.3 Å². The van der Waals surface area contributed by atoms with Gasteiger partial charge in [0.25, 0.3) is 5.91 Å². The number of hydrogen-bond acceptors (Lipinski definition) is 2. The lowest BCUT2D eigenvalue weighted by molar-refractivity contribution is 0.0912. The number of carbonyl (C=O) groups excluding carboxylic acids is 1. The molecule has 2 atom stereocenters. The van der Waals surface area contributed by atoms with E-state index in [-0.39, 0.29) is 5.91 Å². The van der Waals surface area contributed by atoms with E-state index in [1.807, 2.05) is 19.1 Å². The highest BCUT2D eigenvalue weighted by atomic mass is 16.1. The minimum Gasteiger partial charge on any atom is -0.348 e. The Labute approximate surface area is 128 Å². The molecule has 4 heteroatoms. The lowest BCUT2D eigenvalue weighted by atomic mass is 9.92. The standard InChI is InChI=1S/C17H23BN2O/c1-12-11-13(18)7-8-14(12)17(21)19-15-5-4-6-16(15)20-9-2-3-10-20/h7-8,11,15-16H,2-6,9-10H2,1H3,(H,19,21)/t15-,16+/m0/s1. The Kier molecular flexibility index (Phi) is 4.34. The van der Waals surface area contributed by atoms with Gasteiger partial charge in [0.15, 0.2) is 0 Å². The van der Waals surface area contributed by atoms with E-state index in [1.54, 1.807) is 6.07 Å². The van der Waals surface area contributed by atoms with E-state index in [0.29, 0.717) is 17.5 Å². The van der Waals surface area contributed by atoms with Gasteiger partial charge in [-0.15, -0.1) is 0 Å². The first-order valence-corrected chi connectivity index (χ1v) is 8.06. The monoisotopic (exact) mass is 282 g/mol. The summed E-state index contributed by atoms with van der Waals surface area (Å²) in [7, 11) is 5.76. The molecular weight excluding hydrogens is 259 g/mol. The molecule has 21 heavy (non-hydrogen) atoms. The third-order valence-electron chi connectivity index (χ3n) is 4.90. The highest BCUT2D eigenvalue weighted by Crippen LogP contribution is 2.27. The van der Waals surface area contributed by atoms with Crippen LogP contribution in [0.4, 0.5) is 0 Å². The smallest absolute Gasteiger partial charge is 0.251 e. The Morgan fingerprint density at radius 3 is 2.71 bits per heavy atom. The maximum absolute atomic E-state index is 12.5. The number of amides is 1. The van der Waals surface area contributed by atoms with Crippen LogP contribution in [0, 0.1) is 6.92 Å². The maximum Gasteiger partial charge on any atom is 0.251 e. The molecule has 0 spiro atoms. The van der Waals surface area contributed by atoms with Gasteiger partial charge in [-0.05, 0) is 63.7 Å². The molecule has 3 nitrogen and oxygen atoms in total. The second-order valence-corrected chi connectivity index (χ2v) is 6.40. The van der Waals surface area contributed by atoms with Gasteiger partial charge < -0.3 is 5.32 Å². The predicted molar refractivity (Wildman–Crippen MR) is 86.3 cm³/mol. The van der Waals surface area contributed by atoms with Crippen LogP contribution in [-0.2, 0) is 0 Å². The molecule has 0 unspecified atom stereocenters. The number of benzene rings is 1. The van der Waals surface area contributed by atoms with Crippen molar-refractivity contribution in [3.8, 4) is 0 Å². The predicted octanol–water partition coefficient (Wildman–Crippen LogP) is 1.54. The summed E-state index contributed by atoms with van der Waals surface area (Å²) < 4.78 is 0. The second-order valence-electron chi connectivity index (χ2n) is 6.40. The van der Waals surface area contributed by atoms with Gasteiger partial charge in [-0.3, -0.25) is 9.69 Å². The van der Waals surface area contributed by atoms with Gasteiger partial charge in [-0.2, -0.15) is 0 Å². The number of rotatable bonds is 3. The first-order chi connectivity index (χ1) is 10.1. The molecule has 1 aromatic rings. The van der Waals surface area contributed by atoms with Gasteiger partial charge in [0, 0.05) is 17.6 Å². The lowest BCUT2D eigenvalue weighted by Gasteiger charge is -2.29. The molecule has 2 fully saturated rings. The Balaban J connectivity index is 1.68. The Morgan fingerprint density at radius 1 is 1.24 bits per heavy atom. The number of nitrogens with one attached hydrogen (secondary N) is 1. The van der Waals surface area contributed by atoms with Crippen LogP contribution in [0.3, 0.4) is 0 Å². The molecule has 1 amide bonds. The summed E-state index contributed by atoms with van der Waals surface area (Å²) in [6, 6.07) is 6.33. The van der Waals surface area contributed by atoms with Gasteiger partial charge in [-0.25, -0.2) is 0 Å². The summed E-state index contributed by atoms with van der Waals surface area (Å²) >= 11 is 0. The molecule has 1 heterocycles. The minimum atomic E-state index is 0.0450. The van der Waals surface area contributed by atoms with Crippen LogP contribution in [0.1, 0.15) is 48.0 Å². The summed E-state index contributed by atoms with van der Waals surface area (Å²) in [4.78, 5) is 15.1. The van der Waals surface area contributed by atoms with Crippen molar-refractivity contribution in [2.75, 3.05) is 13.1 Å². The van der Waals surface area contributed by atoms with E-state index in [2.05, 4.69) is 10.2 Å². The second kappa shape index (κ2) is 6.23. The number of aryl methyl sites for hydroxylation is 1. The zero-order valence-corrected chi connectivity index (χ0v) is 12.8. The van der Waals surface area contributed by atoms with Crippen molar-refractivity contribution in [2.24, 2.45) is 0 Å². The largest absolute Gasteiger partial charge is 0.348 e. The zero-order valence-electron chi connectivity index (χ0n) is 12.8. The molecule has 0 aromatic heterocycles. The lowest BCUT2D eigenvalue weighted by Crippen LogP contribution is -2.47. The van der Waals surface area contributed by atoms with Gasteiger partial charge in [0.05, 0.1) is 0 Å². The molecule has 1 aliphatic heterocycles. The Hall–Kier alpha value is -1.29. The first-order valence-electron chi connectivity index (χ1n) is 8.06. The van der Waals surface area contributed by atoms with Crippen molar-refractivity contribution in [2.45, 2.75) is 51.1 Å². The maximum atomic E-state index is 12.5. The van der Waals surface area contributed by atoms with Crippen LogP contribution in [0.25, 0.3) is 0 Å². The van der Waals surface area contributed by atoms with Crippen LogP contribution in [0.2, 0.25) is 0 Å². The van der Waals surface area contributed by atoms with E-state index in [9.17, 15) is 4.79 Å². The molecular formula is C17H23BN2O. The molecule has 2 radical (unpaired) electrons. The minimum absolute atomic E-state index is 0.0450. The highest BCUT2D eigenvalue weighted by Gasteiger charge is 2.34. The van der Waals surface area contributed by atoms with Crippen LogP contribution in [0.5, 0.6) is 0 Å². The number of carbonyl (C=O) groups is 1. The third-order valence-corrected chi connectivity index (χ3v) is 4.90. The molecule has 1 saturated carbocycles. The van der Waals surface area contributed by atoms with Crippen LogP contribution >= 0.6 is 0 Å². The third kappa shape index (κ3) is 3.15. The van der Waals surface area contributed by atoms with Crippen LogP contribution < -0.4 is 10.8 Å². The summed E-state index contributed by atoms with van der Waals surface area (Å²) in [6.07, 6.45) is 6.13. The fourth-order valence-corrected chi connectivity index (χ4v) is 3.81. The highest BCUT2D eigenvalue weighted by molar-refractivity contribution is 6.32. The van der Waals surface area contributed by atoms with Crippen molar-refractivity contribution in [1.82, 2.24) is 10.2 Å². The van der Waals surface area contributed by atoms with Gasteiger partial charge in [-0.1, -0.05) is 17.6 Å². The van der Waals surface area contributed by atoms with E-state index in [4.69, 9.17) is 7.85 Å². The fourth-order valence-electron chi connectivity index (χ4n) is 3.81. The van der Waals surface area contributed by atoms with Crippen molar-refractivity contribution >= 4 is 19.2 Å². The van der Waals surface area contributed by atoms with E-state index in [1.165, 1.54) is 38.8 Å². The van der Waals surface area contributed by atoms with Gasteiger partial charge >= 0.3 is 0 Å². The molecule has 3 rings (SSSR count). The van der Waals surface area contributed by atoms with E-state index >= 15 is 0 Å². The number of likely N-dealkylation sites (tertiary alicyclic amines) is 1. The van der Waals surface area contributed by atoms with Crippen molar-refractivity contribution < 1.29 is 4.79 Å². The Morgan fingerprint density at radius 2 is 2.00 bits per heavy atom. The molecule has 1 saturated heterocycles. The Bertz CT molecular complexity index is 526. The average Bonchev–Trinajstić information content (AvgIpc) is 3.08.